The molecule has 1 aromatic carbocycles. The molecule has 0 aliphatic carbocycles. The number of thioether (sulfide) groups is 1. The highest BCUT2D eigenvalue weighted by atomic mass is 32.2. The third-order valence-corrected chi connectivity index (χ3v) is 6.24. The number of nitrogens with zero attached hydrogens (tertiary/aromatic N) is 2. The minimum Gasteiger partial charge on any atom is -0.379 e. The fourth-order valence-corrected chi connectivity index (χ4v) is 4.83. The number of alkyl halides is 3. The molecule has 3 atom stereocenters. The number of benzene rings is 1. The zero-order chi connectivity index (χ0) is 20.8. The Labute approximate surface area is 167 Å². The van der Waals surface area contributed by atoms with Gasteiger partial charge in [0.25, 0.3) is 0 Å². The van der Waals surface area contributed by atoms with E-state index in [9.17, 15) is 22.0 Å². The number of fused-ring (bicyclic) bond motifs is 1. The lowest BCUT2D eigenvalue weighted by atomic mass is 9.74. The number of rotatable bonds is 2. The number of aromatic nitrogens is 1. The summed E-state index contributed by atoms with van der Waals surface area (Å²) in [5.41, 5.74) is 4.96. The van der Waals surface area contributed by atoms with Gasteiger partial charge in [0, 0.05) is 29.0 Å². The molecule has 1 saturated heterocycles. The monoisotopic (exact) mass is 429 g/mol. The van der Waals surface area contributed by atoms with Crippen LogP contribution in [0.15, 0.2) is 41.5 Å². The highest BCUT2D eigenvalue weighted by Crippen LogP contribution is 2.49. The van der Waals surface area contributed by atoms with Crippen LogP contribution >= 0.6 is 11.8 Å². The van der Waals surface area contributed by atoms with E-state index in [0.29, 0.717) is 5.56 Å². The van der Waals surface area contributed by atoms with E-state index >= 15 is 0 Å². The maximum atomic E-state index is 14.9. The van der Waals surface area contributed by atoms with Crippen molar-refractivity contribution in [3.05, 3.63) is 53.9 Å². The summed E-state index contributed by atoms with van der Waals surface area (Å²) >= 11 is 1.13. The van der Waals surface area contributed by atoms with Crippen LogP contribution in [0.2, 0.25) is 0 Å². The van der Waals surface area contributed by atoms with Gasteiger partial charge in [0.15, 0.2) is 11.3 Å². The Morgan fingerprint density at radius 3 is 2.72 bits per heavy atom. The average molecular weight is 429 g/mol. The first kappa shape index (κ1) is 20.1. The summed E-state index contributed by atoms with van der Waals surface area (Å²) in [6, 6.07) is 6.95. The lowest BCUT2D eigenvalue weighted by Crippen LogP contribution is -2.53. The predicted molar refractivity (Wildman–Crippen MR) is 99.2 cm³/mol. The van der Waals surface area contributed by atoms with Gasteiger partial charge in [-0.05, 0) is 36.2 Å². The number of aliphatic imine (C=N–C) groups is 1. The number of pyridine rings is 1. The number of halogens is 5. The molecular weight excluding hydrogens is 413 g/mol. The second-order valence-corrected chi connectivity index (χ2v) is 8.04. The van der Waals surface area contributed by atoms with Crippen LogP contribution in [0.25, 0.3) is 11.1 Å². The van der Waals surface area contributed by atoms with Crippen molar-refractivity contribution in [3.63, 3.8) is 0 Å². The van der Waals surface area contributed by atoms with Gasteiger partial charge in [-0.15, -0.1) is 0 Å². The summed E-state index contributed by atoms with van der Waals surface area (Å²) in [5.74, 6) is -1.81. The molecule has 3 unspecified atom stereocenters. The minimum atomic E-state index is -4.53. The van der Waals surface area contributed by atoms with Gasteiger partial charge in [-0.1, -0.05) is 17.8 Å². The Hall–Kier alpha value is -2.20. The van der Waals surface area contributed by atoms with E-state index in [2.05, 4.69) is 9.98 Å². The SMILES string of the molecule is NC1=NC2(c3cc(-c4cccnc4F)ccc3F)COC(C(F)(F)F)CC2CS1. The zero-order valence-electron chi connectivity index (χ0n) is 14.9. The Morgan fingerprint density at radius 1 is 1.21 bits per heavy atom. The summed E-state index contributed by atoms with van der Waals surface area (Å²) in [4.78, 5) is 7.94. The first-order valence-corrected chi connectivity index (χ1v) is 9.76. The molecule has 2 aliphatic rings. The fourth-order valence-electron chi connectivity index (χ4n) is 3.82. The van der Waals surface area contributed by atoms with Gasteiger partial charge in [-0.25, -0.2) is 14.4 Å². The largest absolute Gasteiger partial charge is 0.414 e. The Morgan fingerprint density at radius 2 is 2.00 bits per heavy atom. The average Bonchev–Trinajstić information content (AvgIpc) is 2.67. The summed E-state index contributed by atoms with van der Waals surface area (Å²) in [5, 5.41) is 0.146. The van der Waals surface area contributed by atoms with Crippen LogP contribution in [0.5, 0.6) is 0 Å². The predicted octanol–water partition coefficient (Wildman–Crippen LogP) is 4.25. The molecule has 0 spiro atoms. The Kier molecular flexibility index (Phi) is 5.02. The van der Waals surface area contributed by atoms with Gasteiger partial charge in [0.05, 0.1) is 6.61 Å². The van der Waals surface area contributed by atoms with Gasteiger partial charge in [0.2, 0.25) is 5.95 Å². The lowest BCUT2D eigenvalue weighted by Gasteiger charge is -2.46. The molecule has 3 heterocycles. The number of ether oxygens (including phenoxy) is 1. The molecule has 0 bridgehead atoms. The van der Waals surface area contributed by atoms with E-state index < -0.39 is 42.1 Å². The van der Waals surface area contributed by atoms with Crippen LogP contribution in [-0.2, 0) is 10.3 Å². The molecule has 4 nitrogen and oxygen atoms in total. The summed E-state index contributed by atoms with van der Waals surface area (Å²) < 4.78 is 73.7. The third-order valence-electron chi connectivity index (χ3n) is 5.29. The van der Waals surface area contributed by atoms with Gasteiger partial charge < -0.3 is 10.5 Å². The maximum Gasteiger partial charge on any atom is 0.414 e. The van der Waals surface area contributed by atoms with Crippen molar-refractivity contribution < 1.29 is 26.7 Å². The van der Waals surface area contributed by atoms with Crippen molar-refractivity contribution in [2.75, 3.05) is 12.4 Å². The molecule has 1 aromatic heterocycles. The second-order valence-electron chi connectivity index (χ2n) is 7.00. The molecular formula is C19H16F5N3OS. The first-order chi connectivity index (χ1) is 13.7. The molecule has 1 fully saturated rings. The van der Waals surface area contributed by atoms with Crippen LogP contribution in [0.4, 0.5) is 22.0 Å². The van der Waals surface area contributed by atoms with E-state index in [0.717, 1.165) is 17.8 Å². The lowest BCUT2D eigenvalue weighted by molar-refractivity contribution is -0.245. The van der Waals surface area contributed by atoms with Crippen LogP contribution < -0.4 is 5.73 Å². The molecule has 4 rings (SSSR count). The molecule has 29 heavy (non-hydrogen) atoms. The van der Waals surface area contributed by atoms with E-state index in [1.165, 1.54) is 30.5 Å². The van der Waals surface area contributed by atoms with Crippen molar-refractivity contribution in [3.8, 4) is 11.1 Å². The number of hydrogen-bond donors (Lipinski definition) is 1. The fraction of sp³-hybridized carbons (Fsp3) is 0.368. The molecule has 154 valence electrons. The minimum absolute atomic E-state index is 0.0344. The van der Waals surface area contributed by atoms with Crippen molar-refractivity contribution >= 4 is 16.9 Å². The van der Waals surface area contributed by atoms with Crippen molar-refractivity contribution in [2.24, 2.45) is 16.6 Å². The van der Waals surface area contributed by atoms with Crippen LogP contribution in [0.1, 0.15) is 12.0 Å². The summed E-state index contributed by atoms with van der Waals surface area (Å²) in [6.07, 6.45) is -5.55. The van der Waals surface area contributed by atoms with E-state index in [1.54, 1.807) is 0 Å². The molecule has 10 heteroatoms. The highest BCUT2D eigenvalue weighted by Gasteiger charge is 2.55. The van der Waals surface area contributed by atoms with E-state index in [-0.39, 0.29) is 28.5 Å². The normalized spacial score (nSPS) is 27.3. The molecule has 2 N–H and O–H groups in total. The summed E-state index contributed by atoms with van der Waals surface area (Å²) in [7, 11) is 0. The van der Waals surface area contributed by atoms with E-state index in [1.807, 2.05) is 0 Å². The molecule has 0 saturated carbocycles. The number of nitrogens with two attached hydrogens (primary N) is 1. The molecule has 2 aliphatic heterocycles. The van der Waals surface area contributed by atoms with E-state index in [4.69, 9.17) is 10.5 Å². The topological polar surface area (TPSA) is 60.5 Å². The van der Waals surface area contributed by atoms with Crippen molar-refractivity contribution in [1.29, 1.82) is 0 Å². The van der Waals surface area contributed by atoms with Crippen LogP contribution in [0, 0.1) is 17.7 Å². The standard InChI is InChI=1S/C19H16F5N3OS/c20-14-4-3-10(12-2-1-5-26-16(12)21)6-13(14)18-9-28-15(19(22,23)24)7-11(18)8-29-17(25)27-18/h1-6,11,15H,7-9H2,(H2,25,27). The first-order valence-electron chi connectivity index (χ1n) is 8.78. The third kappa shape index (κ3) is 3.59. The molecule has 0 amide bonds. The van der Waals surface area contributed by atoms with Gasteiger partial charge in [0.1, 0.15) is 11.4 Å². The smallest absolute Gasteiger partial charge is 0.379 e. The van der Waals surface area contributed by atoms with Crippen LogP contribution in [0.3, 0.4) is 0 Å². The van der Waals surface area contributed by atoms with Crippen molar-refractivity contribution in [2.45, 2.75) is 24.2 Å². The van der Waals surface area contributed by atoms with Gasteiger partial charge >= 0.3 is 6.18 Å². The second kappa shape index (κ2) is 7.24. The van der Waals surface area contributed by atoms with Gasteiger partial charge in [-0.3, -0.25) is 0 Å². The maximum absolute atomic E-state index is 14.9. The quantitative estimate of drug-likeness (QED) is 0.573. The van der Waals surface area contributed by atoms with Gasteiger partial charge in [-0.2, -0.15) is 17.6 Å². The summed E-state index contributed by atoms with van der Waals surface area (Å²) in [6.45, 7) is -0.473. The highest BCUT2D eigenvalue weighted by molar-refractivity contribution is 8.13. The number of hydrogen-bond acceptors (Lipinski definition) is 5. The molecule has 2 aromatic rings. The Bertz CT molecular complexity index is 967. The van der Waals surface area contributed by atoms with Crippen molar-refractivity contribution in [1.82, 2.24) is 4.98 Å². The molecule has 0 radical (unpaired) electrons. The van der Waals surface area contributed by atoms with Crippen LogP contribution in [-0.4, -0.2) is 34.8 Å². The number of amidine groups is 1. The zero-order valence-corrected chi connectivity index (χ0v) is 15.7. The Balaban J connectivity index is 1.82.